The number of ether oxygens (including phenoxy) is 1. The highest BCUT2D eigenvalue weighted by molar-refractivity contribution is 7.92. The van der Waals surface area contributed by atoms with Gasteiger partial charge in [-0.2, -0.15) is 0 Å². The fourth-order valence-electron chi connectivity index (χ4n) is 3.70. The zero-order valence-corrected chi connectivity index (χ0v) is 22.8. The number of benzene rings is 3. The quantitative estimate of drug-likeness (QED) is 0.371. The van der Waals surface area contributed by atoms with Crippen LogP contribution in [0.4, 0.5) is 17.1 Å². The van der Waals surface area contributed by atoms with E-state index in [-0.39, 0.29) is 23.8 Å². The first-order valence-electron chi connectivity index (χ1n) is 11.5. The minimum atomic E-state index is -3.88. The van der Waals surface area contributed by atoms with Gasteiger partial charge in [-0.05, 0) is 79.9 Å². The molecule has 0 radical (unpaired) electrons. The third-order valence-electron chi connectivity index (χ3n) is 5.50. The third kappa shape index (κ3) is 7.70. The topological polar surface area (TPSA) is 122 Å². The van der Waals surface area contributed by atoms with Crippen LogP contribution in [0.3, 0.4) is 0 Å². The number of aryl methyl sites for hydroxylation is 2. The molecule has 0 atom stereocenters. The van der Waals surface area contributed by atoms with Gasteiger partial charge in [0.05, 0.1) is 29.6 Å². The molecule has 0 heterocycles. The average Bonchev–Trinajstić information content (AvgIpc) is 2.81. The number of hydrogen-bond acceptors (Lipinski definition) is 6. The number of amides is 1. The third-order valence-corrected chi connectivity index (χ3v) is 8.08. The predicted octanol–water partition coefficient (Wildman–Crippen LogP) is 4.30. The second-order valence-electron chi connectivity index (χ2n) is 8.66. The van der Waals surface area contributed by atoms with Crippen molar-refractivity contribution >= 4 is 43.0 Å². The Bertz CT molecular complexity index is 1470. The Kier molecular flexibility index (Phi) is 8.82. The molecule has 1 amide bonds. The van der Waals surface area contributed by atoms with Crippen molar-refractivity contribution in [1.29, 1.82) is 0 Å². The maximum atomic E-state index is 12.8. The fourth-order valence-corrected chi connectivity index (χ4v) is 5.72. The van der Waals surface area contributed by atoms with Gasteiger partial charge in [-0.1, -0.05) is 18.2 Å². The van der Waals surface area contributed by atoms with E-state index >= 15 is 0 Å². The number of rotatable bonds is 11. The van der Waals surface area contributed by atoms with Gasteiger partial charge >= 0.3 is 0 Å². The van der Waals surface area contributed by atoms with Crippen molar-refractivity contribution in [3.8, 4) is 5.75 Å². The molecule has 0 saturated carbocycles. The highest BCUT2D eigenvalue weighted by Crippen LogP contribution is 2.28. The lowest BCUT2D eigenvalue weighted by Gasteiger charge is -2.22. The van der Waals surface area contributed by atoms with Gasteiger partial charge in [-0.3, -0.25) is 13.8 Å². The molecule has 3 aromatic rings. The second kappa shape index (κ2) is 11.7. The predicted molar refractivity (Wildman–Crippen MR) is 146 cm³/mol. The van der Waals surface area contributed by atoms with E-state index in [0.29, 0.717) is 29.2 Å². The zero-order valence-electron chi connectivity index (χ0n) is 21.2. The van der Waals surface area contributed by atoms with Gasteiger partial charge in [-0.25, -0.2) is 16.8 Å². The van der Waals surface area contributed by atoms with Crippen LogP contribution in [-0.4, -0.2) is 42.7 Å². The molecule has 0 aliphatic heterocycles. The summed E-state index contributed by atoms with van der Waals surface area (Å²) >= 11 is 0. The SMILES string of the molecule is COc1ccc(C)cc1NS(=O)(=O)c1ccc(NC(=O)CCCN(c2cccc(C)c2)S(C)(=O)=O)cc1. The molecule has 0 spiro atoms. The molecule has 3 aromatic carbocycles. The Morgan fingerprint density at radius 1 is 0.919 bits per heavy atom. The van der Waals surface area contributed by atoms with Gasteiger partial charge < -0.3 is 10.1 Å². The van der Waals surface area contributed by atoms with Gasteiger partial charge in [-0.15, -0.1) is 0 Å². The van der Waals surface area contributed by atoms with Crippen molar-refractivity contribution in [3.05, 3.63) is 77.9 Å². The van der Waals surface area contributed by atoms with Crippen LogP contribution in [0.25, 0.3) is 0 Å². The lowest BCUT2D eigenvalue weighted by atomic mass is 10.2. The normalized spacial score (nSPS) is 11.6. The molecule has 0 aromatic heterocycles. The summed E-state index contributed by atoms with van der Waals surface area (Å²) in [5, 5.41) is 2.72. The van der Waals surface area contributed by atoms with E-state index < -0.39 is 20.0 Å². The van der Waals surface area contributed by atoms with Crippen LogP contribution in [0.5, 0.6) is 5.75 Å². The van der Waals surface area contributed by atoms with Gasteiger partial charge in [0.2, 0.25) is 15.9 Å². The van der Waals surface area contributed by atoms with Crippen LogP contribution in [0.15, 0.2) is 71.6 Å². The Morgan fingerprint density at radius 3 is 2.22 bits per heavy atom. The highest BCUT2D eigenvalue weighted by atomic mass is 32.2. The Morgan fingerprint density at radius 2 is 1.59 bits per heavy atom. The first kappa shape index (κ1) is 28.0. The first-order chi connectivity index (χ1) is 17.4. The van der Waals surface area contributed by atoms with Crippen LogP contribution >= 0.6 is 0 Å². The van der Waals surface area contributed by atoms with Gasteiger partial charge in [0.1, 0.15) is 5.75 Å². The first-order valence-corrected chi connectivity index (χ1v) is 14.8. The molecule has 0 fully saturated rings. The molecule has 2 N–H and O–H groups in total. The summed E-state index contributed by atoms with van der Waals surface area (Å²) in [5.41, 5.74) is 3.11. The standard InChI is InChI=1S/C26H31N3O6S2/c1-19-7-5-8-22(17-19)29(36(4,31)32)16-6-9-26(30)27-21-11-13-23(14-12-21)37(33,34)28-24-18-20(2)10-15-25(24)35-3/h5,7-8,10-15,17-18,28H,6,9,16H2,1-4H3,(H,27,30). The van der Waals surface area contributed by atoms with Gasteiger partial charge in [0.25, 0.3) is 10.0 Å². The average molecular weight is 546 g/mol. The highest BCUT2D eigenvalue weighted by Gasteiger charge is 2.19. The van der Waals surface area contributed by atoms with Crippen LogP contribution < -0.4 is 19.1 Å². The van der Waals surface area contributed by atoms with Crippen molar-refractivity contribution in [1.82, 2.24) is 0 Å². The summed E-state index contributed by atoms with van der Waals surface area (Å²) in [5.74, 6) is 0.0887. The smallest absolute Gasteiger partial charge is 0.262 e. The molecule has 37 heavy (non-hydrogen) atoms. The Labute approximate surface area is 218 Å². The Balaban J connectivity index is 1.60. The summed E-state index contributed by atoms with van der Waals surface area (Å²) in [6, 6.07) is 18.1. The number of carbonyl (C=O) groups is 1. The van der Waals surface area contributed by atoms with E-state index in [1.54, 1.807) is 30.3 Å². The summed E-state index contributed by atoms with van der Waals surface area (Å²) in [6.45, 7) is 3.88. The van der Waals surface area contributed by atoms with Crippen molar-refractivity contribution < 1.29 is 26.4 Å². The van der Waals surface area contributed by atoms with E-state index in [2.05, 4.69) is 10.0 Å². The molecule has 0 saturated heterocycles. The molecule has 3 rings (SSSR count). The summed E-state index contributed by atoms with van der Waals surface area (Å²) in [4.78, 5) is 12.5. The molecule has 9 nitrogen and oxygen atoms in total. The number of nitrogens with zero attached hydrogens (tertiary/aromatic N) is 1. The number of nitrogens with one attached hydrogen (secondary N) is 2. The molecule has 0 aliphatic rings. The van der Waals surface area contributed by atoms with Crippen LogP contribution in [-0.2, 0) is 24.8 Å². The number of carbonyl (C=O) groups excluding carboxylic acids is 1. The molecule has 0 unspecified atom stereocenters. The van der Waals surface area contributed by atoms with E-state index in [1.165, 1.54) is 35.7 Å². The maximum absolute atomic E-state index is 12.8. The summed E-state index contributed by atoms with van der Waals surface area (Å²) in [6.07, 6.45) is 1.53. The number of methoxy groups -OCH3 is 1. The van der Waals surface area contributed by atoms with Crippen LogP contribution in [0.2, 0.25) is 0 Å². The molecule has 0 aliphatic carbocycles. The Hall–Kier alpha value is -3.57. The van der Waals surface area contributed by atoms with Gasteiger partial charge in [0.15, 0.2) is 0 Å². The fraction of sp³-hybridized carbons (Fsp3) is 0.269. The van der Waals surface area contributed by atoms with Crippen molar-refractivity contribution in [2.75, 3.05) is 34.3 Å². The zero-order chi connectivity index (χ0) is 27.2. The molecular weight excluding hydrogens is 514 g/mol. The summed E-state index contributed by atoms with van der Waals surface area (Å²) < 4.78 is 59.2. The van der Waals surface area contributed by atoms with E-state index in [0.717, 1.165) is 17.4 Å². The van der Waals surface area contributed by atoms with Crippen LogP contribution in [0, 0.1) is 13.8 Å². The molecule has 198 valence electrons. The maximum Gasteiger partial charge on any atom is 0.262 e. The number of anilines is 3. The monoisotopic (exact) mass is 545 g/mol. The number of hydrogen-bond donors (Lipinski definition) is 2. The van der Waals surface area contributed by atoms with Crippen LogP contribution in [0.1, 0.15) is 24.0 Å². The summed E-state index contributed by atoms with van der Waals surface area (Å²) in [7, 11) is -5.93. The molecular formula is C26H31N3O6S2. The lowest BCUT2D eigenvalue weighted by molar-refractivity contribution is -0.116. The largest absolute Gasteiger partial charge is 0.495 e. The number of sulfonamides is 2. The second-order valence-corrected chi connectivity index (χ2v) is 12.2. The lowest BCUT2D eigenvalue weighted by Crippen LogP contribution is -2.31. The van der Waals surface area contributed by atoms with Gasteiger partial charge in [0, 0.05) is 18.7 Å². The van der Waals surface area contributed by atoms with E-state index in [4.69, 9.17) is 4.74 Å². The van der Waals surface area contributed by atoms with Crippen molar-refractivity contribution in [3.63, 3.8) is 0 Å². The van der Waals surface area contributed by atoms with Crippen molar-refractivity contribution in [2.24, 2.45) is 0 Å². The van der Waals surface area contributed by atoms with E-state index in [9.17, 15) is 21.6 Å². The minimum absolute atomic E-state index is 0.0241. The molecule has 0 bridgehead atoms. The van der Waals surface area contributed by atoms with E-state index in [1.807, 2.05) is 26.0 Å². The minimum Gasteiger partial charge on any atom is -0.495 e. The molecule has 11 heteroatoms. The van der Waals surface area contributed by atoms with Crippen molar-refractivity contribution in [2.45, 2.75) is 31.6 Å².